The Bertz CT molecular complexity index is 321. The first kappa shape index (κ1) is 9.78. The van der Waals surface area contributed by atoms with E-state index in [2.05, 4.69) is 18.5 Å². The zero-order valence-electron chi connectivity index (χ0n) is 8.40. The van der Waals surface area contributed by atoms with Gasteiger partial charge in [0.15, 0.2) is 0 Å². The van der Waals surface area contributed by atoms with Crippen molar-refractivity contribution in [1.82, 2.24) is 5.32 Å². The molecule has 0 aromatic carbocycles. The smallest absolute Gasteiger partial charge is 0.234 e. The van der Waals surface area contributed by atoms with Crippen LogP contribution in [0.1, 0.15) is 20.8 Å². The second-order valence-electron chi connectivity index (χ2n) is 3.85. The topological polar surface area (TPSA) is 29.1 Å². The summed E-state index contributed by atoms with van der Waals surface area (Å²) in [6.07, 6.45) is 1.66. The zero-order chi connectivity index (χ0) is 10.2. The van der Waals surface area contributed by atoms with E-state index in [-0.39, 0.29) is 5.91 Å². The molecular weight excluding hydrogens is 162 g/mol. The van der Waals surface area contributed by atoms with E-state index in [1.807, 2.05) is 20.8 Å². The van der Waals surface area contributed by atoms with Crippen LogP contribution in [0.15, 0.2) is 36.1 Å². The van der Waals surface area contributed by atoms with Crippen LogP contribution in [0.3, 0.4) is 0 Å². The molecular formula is C11H15NO. The standard InChI is InChI=1S/C11H15NO/c1-6-8-9(7(2)3)11(4,5)10(13)12-8/h6H,1-2H2,3-5H3,(H,12,13). The van der Waals surface area contributed by atoms with Gasteiger partial charge in [0.2, 0.25) is 5.91 Å². The molecule has 0 unspecified atom stereocenters. The second-order valence-corrected chi connectivity index (χ2v) is 3.85. The average Bonchev–Trinajstić information content (AvgIpc) is 2.22. The number of carbonyl (C=O) groups excluding carboxylic acids is 1. The van der Waals surface area contributed by atoms with Crippen LogP contribution in [0.2, 0.25) is 0 Å². The minimum absolute atomic E-state index is 0.0143. The van der Waals surface area contributed by atoms with Gasteiger partial charge in [-0.2, -0.15) is 0 Å². The van der Waals surface area contributed by atoms with E-state index in [4.69, 9.17) is 0 Å². The van der Waals surface area contributed by atoms with E-state index in [9.17, 15) is 4.79 Å². The van der Waals surface area contributed by atoms with Crippen molar-refractivity contribution in [3.05, 3.63) is 36.1 Å². The maximum absolute atomic E-state index is 11.5. The van der Waals surface area contributed by atoms with Gasteiger partial charge in [0.05, 0.1) is 5.41 Å². The lowest BCUT2D eigenvalue weighted by Gasteiger charge is -2.19. The fourth-order valence-corrected chi connectivity index (χ4v) is 1.71. The highest BCUT2D eigenvalue weighted by Crippen LogP contribution is 2.38. The van der Waals surface area contributed by atoms with Crippen LogP contribution in [-0.4, -0.2) is 5.91 Å². The van der Waals surface area contributed by atoms with Crippen LogP contribution < -0.4 is 5.32 Å². The molecule has 1 aliphatic rings. The molecule has 2 nitrogen and oxygen atoms in total. The fourth-order valence-electron chi connectivity index (χ4n) is 1.71. The molecule has 1 aliphatic heterocycles. The molecule has 70 valence electrons. The monoisotopic (exact) mass is 177 g/mol. The molecule has 2 heteroatoms. The maximum Gasteiger partial charge on any atom is 0.234 e. The molecule has 1 rings (SSSR count). The summed E-state index contributed by atoms with van der Waals surface area (Å²) in [5.74, 6) is 0.0143. The summed E-state index contributed by atoms with van der Waals surface area (Å²) in [4.78, 5) is 11.5. The van der Waals surface area contributed by atoms with E-state index in [0.717, 1.165) is 16.8 Å². The van der Waals surface area contributed by atoms with E-state index < -0.39 is 5.41 Å². The highest BCUT2D eigenvalue weighted by molar-refractivity contribution is 5.92. The van der Waals surface area contributed by atoms with Gasteiger partial charge in [-0.15, -0.1) is 0 Å². The summed E-state index contributed by atoms with van der Waals surface area (Å²) >= 11 is 0. The Kier molecular flexibility index (Phi) is 2.16. The van der Waals surface area contributed by atoms with Gasteiger partial charge >= 0.3 is 0 Å². The fraction of sp³-hybridized carbons (Fsp3) is 0.364. The number of allylic oxidation sites excluding steroid dienone is 2. The maximum atomic E-state index is 11.5. The van der Waals surface area contributed by atoms with E-state index >= 15 is 0 Å². The van der Waals surface area contributed by atoms with Crippen molar-refractivity contribution in [3.8, 4) is 0 Å². The quantitative estimate of drug-likeness (QED) is 0.688. The number of carbonyl (C=O) groups is 1. The van der Waals surface area contributed by atoms with Gasteiger partial charge in [-0.1, -0.05) is 18.7 Å². The number of hydrogen-bond acceptors (Lipinski definition) is 1. The van der Waals surface area contributed by atoms with Crippen molar-refractivity contribution in [1.29, 1.82) is 0 Å². The molecule has 0 radical (unpaired) electrons. The van der Waals surface area contributed by atoms with Gasteiger partial charge in [0, 0.05) is 5.70 Å². The molecule has 0 bridgehead atoms. The van der Waals surface area contributed by atoms with E-state index in [1.54, 1.807) is 6.08 Å². The van der Waals surface area contributed by atoms with Crippen molar-refractivity contribution in [2.24, 2.45) is 5.41 Å². The summed E-state index contributed by atoms with van der Waals surface area (Å²) < 4.78 is 0. The predicted octanol–water partition coefficient (Wildman–Crippen LogP) is 2.16. The Morgan fingerprint density at radius 1 is 1.54 bits per heavy atom. The van der Waals surface area contributed by atoms with Crippen LogP contribution in [0.5, 0.6) is 0 Å². The molecule has 0 aliphatic carbocycles. The second kappa shape index (κ2) is 2.87. The van der Waals surface area contributed by atoms with Crippen molar-refractivity contribution < 1.29 is 4.79 Å². The van der Waals surface area contributed by atoms with Crippen LogP contribution in [0.25, 0.3) is 0 Å². The minimum atomic E-state index is -0.477. The molecule has 0 aromatic heterocycles. The Morgan fingerprint density at radius 3 is 2.38 bits per heavy atom. The number of amides is 1. The first-order chi connectivity index (χ1) is 5.91. The van der Waals surface area contributed by atoms with Crippen LogP contribution in [0.4, 0.5) is 0 Å². The summed E-state index contributed by atoms with van der Waals surface area (Å²) in [6.45, 7) is 13.2. The van der Waals surface area contributed by atoms with Gasteiger partial charge < -0.3 is 5.32 Å². The summed E-state index contributed by atoms with van der Waals surface area (Å²) in [6, 6.07) is 0. The number of nitrogens with one attached hydrogen (secondary N) is 1. The van der Waals surface area contributed by atoms with Gasteiger partial charge in [-0.25, -0.2) is 0 Å². The first-order valence-electron chi connectivity index (χ1n) is 4.25. The Balaban J connectivity index is 3.29. The normalized spacial score (nSPS) is 20.1. The number of rotatable bonds is 2. The average molecular weight is 177 g/mol. The Morgan fingerprint density at radius 2 is 2.08 bits per heavy atom. The third kappa shape index (κ3) is 1.32. The van der Waals surface area contributed by atoms with Crippen molar-refractivity contribution in [2.75, 3.05) is 0 Å². The van der Waals surface area contributed by atoms with Crippen molar-refractivity contribution in [3.63, 3.8) is 0 Å². The predicted molar refractivity (Wildman–Crippen MR) is 54.0 cm³/mol. The molecule has 0 saturated heterocycles. The van der Waals surface area contributed by atoms with Gasteiger partial charge in [0.25, 0.3) is 0 Å². The molecule has 1 heterocycles. The summed E-state index contributed by atoms with van der Waals surface area (Å²) in [5.41, 5.74) is 2.20. The van der Waals surface area contributed by atoms with E-state index in [1.165, 1.54) is 0 Å². The zero-order valence-corrected chi connectivity index (χ0v) is 8.40. The molecule has 0 atom stereocenters. The minimum Gasteiger partial charge on any atom is -0.325 e. The van der Waals surface area contributed by atoms with Crippen LogP contribution in [0, 0.1) is 5.41 Å². The lowest BCUT2D eigenvalue weighted by Crippen LogP contribution is -2.28. The highest BCUT2D eigenvalue weighted by atomic mass is 16.2. The van der Waals surface area contributed by atoms with Gasteiger partial charge in [-0.05, 0) is 32.4 Å². The third-order valence-electron chi connectivity index (χ3n) is 2.34. The lowest BCUT2D eigenvalue weighted by molar-refractivity contribution is -0.125. The Hall–Kier alpha value is -1.31. The summed E-state index contributed by atoms with van der Waals surface area (Å²) in [5, 5.41) is 2.79. The van der Waals surface area contributed by atoms with Gasteiger partial charge in [-0.3, -0.25) is 4.79 Å². The van der Waals surface area contributed by atoms with E-state index in [0.29, 0.717) is 0 Å². The molecule has 13 heavy (non-hydrogen) atoms. The van der Waals surface area contributed by atoms with Crippen molar-refractivity contribution >= 4 is 5.91 Å². The third-order valence-corrected chi connectivity index (χ3v) is 2.34. The molecule has 1 amide bonds. The number of hydrogen-bond donors (Lipinski definition) is 1. The van der Waals surface area contributed by atoms with Crippen LogP contribution in [-0.2, 0) is 4.79 Å². The molecule has 0 aromatic rings. The van der Waals surface area contributed by atoms with Gasteiger partial charge in [0.1, 0.15) is 0 Å². The summed E-state index contributed by atoms with van der Waals surface area (Å²) in [7, 11) is 0. The lowest BCUT2D eigenvalue weighted by atomic mass is 9.82. The largest absolute Gasteiger partial charge is 0.325 e. The molecule has 0 spiro atoms. The molecule has 1 N–H and O–H groups in total. The van der Waals surface area contributed by atoms with Crippen molar-refractivity contribution in [2.45, 2.75) is 20.8 Å². The molecule has 0 fully saturated rings. The Labute approximate surface area is 79.0 Å². The highest BCUT2D eigenvalue weighted by Gasteiger charge is 2.39. The molecule has 0 saturated carbocycles. The van der Waals surface area contributed by atoms with Crippen LogP contribution >= 0.6 is 0 Å². The first-order valence-corrected chi connectivity index (χ1v) is 4.25. The SMILES string of the molecule is C=CC1=C(C(=C)C)C(C)(C)C(=O)N1.